The first-order valence-corrected chi connectivity index (χ1v) is 7.14. The van der Waals surface area contributed by atoms with Crippen LogP contribution in [0.3, 0.4) is 0 Å². The first-order valence-electron chi connectivity index (χ1n) is 7.14. The Balaban J connectivity index is 1.98. The summed E-state index contributed by atoms with van der Waals surface area (Å²) in [5.74, 6) is 0.875. The van der Waals surface area contributed by atoms with Gasteiger partial charge in [0.25, 0.3) is 5.91 Å². The van der Waals surface area contributed by atoms with Crippen molar-refractivity contribution in [3.05, 3.63) is 12.0 Å². The Hall–Kier alpha value is -1.23. The molecule has 2 rings (SSSR count). The summed E-state index contributed by atoms with van der Waals surface area (Å²) in [5, 5.41) is 3.35. The highest BCUT2D eigenvalue weighted by molar-refractivity contribution is 5.91. The Morgan fingerprint density at radius 2 is 2.16 bits per heavy atom. The van der Waals surface area contributed by atoms with Crippen LogP contribution in [0.2, 0.25) is 0 Å². The van der Waals surface area contributed by atoms with Crippen molar-refractivity contribution in [2.24, 2.45) is 5.92 Å². The average Bonchev–Trinajstić information content (AvgIpc) is 2.46. The van der Waals surface area contributed by atoms with Crippen LogP contribution in [-0.4, -0.2) is 49.7 Å². The van der Waals surface area contributed by atoms with Gasteiger partial charge < -0.3 is 19.7 Å². The summed E-state index contributed by atoms with van der Waals surface area (Å²) in [6, 6.07) is 0.175. The van der Waals surface area contributed by atoms with Gasteiger partial charge in [0.15, 0.2) is 0 Å². The quantitative estimate of drug-likeness (QED) is 0.830. The normalized spacial score (nSPS) is 20.5. The van der Waals surface area contributed by atoms with Crippen molar-refractivity contribution in [2.75, 3.05) is 32.8 Å². The molecule has 0 saturated carbocycles. The number of carbonyl (C=O) groups excluding carboxylic acids is 1. The van der Waals surface area contributed by atoms with E-state index in [2.05, 4.69) is 5.32 Å². The third kappa shape index (κ3) is 3.86. The molecule has 0 aromatic carbocycles. The van der Waals surface area contributed by atoms with Crippen molar-refractivity contribution in [2.45, 2.75) is 32.7 Å². The zero-order chi connectivity index (χ0) is 13.7. The number of nitrogens with one attached hydrogen (secondary N) is 1. The van der Waals surface area contributed by atoms with Gasteiger partial charge in [-0.05, 0) is 45.7 Å². The minimum absolute atomic E-state index is 0.0479. The SMILES string of the molecule is CC(C)N(CC1CCNCC1)C(=O)C1=COCCO1. The summed E-state index contributed by atoms with van der Waals surface area (Å²) < 4.78 is 10.6. The third-order valence-corrected chi connectivity index (χ3v) is 3.66. The average molecular weight is 268 g/mol. The molecule has 108 valence electrons. The third-order valence-electron chi connectivity index (χ3n) is 3.66. The van der Waals surface area contributed by atoms with E-state index in [0.717, 1.165) is 32.5 Å². The maximum Gasteiger partial charge on any atom is 0.292 e. The van der Waals surface area contributed by atoms with Crippen molar-refractivity contribution in [1.82, 2.24) is 10.2 Å². The second kappa shape index (κ2) is 6.80. The summed E-state index contributed by atoms with van der Waals surface area (Å²) in [7, 11) is 0. The molecule has 19 heavy (non-hydrogen) atoms. The van der Waals surface area contributed by atoms with Crippen LogP contribution >= 0.6 is 0 Å². The van der Waals surface area contributed by atoms with Crippen molar-refractivity contribution in [3.8, 4) is 0 Å². The predicted octanol–water partition coefficient (Wildman–Crippen LogP) is 1.11. The lowest BCUT2D eigenvalue weighted by molar-refractivity contribution is -0.134. The van der Waals surface area contributed by atoms with E-state index < -0.39 is 0 Å². The first kappa shape index (κ1) is 14.2. The van der Waals surface area contributed by atoms with E-state index in [1.54, 1.807) is 0 Å². The number of amides is 1. The van der Waals surface area contributed by atoms with Gasteiger partial charge in [0.2, 0.25) is 5.76 Å². The summed E-state index contributed by atoms with van der Waals surface area (Å²) in [6.45, 7) is 7.97. The molecule has 1 saturated heterocycles. The summed E-state index contributed by atoms with van der Waals surface area (Å²) in [5.41, 5.74) is 0. The zero-order valence-corrected chi connectivity index (χ0v) is 11.9. The lowest BCUT2D eigenvalue weighted by Crippen LogP contribution is -2.44. The van der Waals surface area contributed by atoms with Crippen LogP contribution in [0, 0.1) is 5.92 Å². The van der Waals surface area contributed by atoms with E-state index in [0.29, 0.717) is 24.9 Å². The summed E-state index contributed by atoms with van der Waals surface area (Å²) in [6.07, 6.45) is 3.71. The fraction of sp³-hybridized carbons (Fsp3) is 0.786. The van der Waals surface area contributed by atoms with Gasteiger partial charge in [-0.2, -0.15) is 0 Å². The second-order valence-electron chi connectivity index (χ2n) is 5.45. The summed E-state index contributed by atoms with van der Waals surface area (Å²) in [4.78, 5) is 14.3. The Morgan fingerprint density at radius 1 is 1.42 bits per heavy atom. The van der Waals surface area contributed by atoms with Crippen molar-refractivity contribution in [3.63, 3.8) is 0 Å². The highest BCUT2D eigenvalue weighted by Crippen LogP contribution is 2.18. The number of carbonyl (C=O) groups is 1. The molecule has 5 nitrogen and oxygen atoms in total. The van der Waals surface area contributed by atoms with Crippen molar-refractivity contribution in [1.29, 1.82) is 0 Å². The number of ether oxygens (including phenoxy) is 2. The van der Waals surface area contributed by atoms with Gasteiger partial charge in [-0.15, -0.1) is 0 Å². The van der Waals surface area contributed by atoms with Crippen LogP contribution in [-0.2, 0) is 14.3 Å². The molecule has 2 heterocycles. The van der Waals surface area contributed by atoms with E-state index in [-0.39, 0.29) is 11.9 Å². The predicted molar refractivity (Wildman–Crippen MR) is 72.4 cm³/mol. The molecule has 0 radical (unpaired) electrons. The van der Waals surface area contributed by atoms with Gasteiger partial charge >= 0.3 is 0 Å². The lowest BCUT2D eigenvalue weighted by Gasteiger charge is -2.33. The fourth-order valence-electron chi connectivity index (χ4n) is 2.49. The molecule has 0 unspecified atom stereocenters. The van der Waals surface area contributed by atoms with Gasteiger partial charge in [-0.1, -0.05) is 0 Å². The van der Waals surface area contributed by atoms with Crippen LogP contribution in [0.5, 0.6) is 0 Å². The molecule has 0 bridgehead atoms. The van der Waals surface area contributed by atoms with Crippen LogP contribution in [0.25, 0.3) is 0 Å². The van der Waals surface area contributed by atoms with E-state index >= 15 is 0 Å². The van der Waals surface area contributed by atoms with E-state index in [4.69, 9.17) is 9.47 Å². The fourth-order valence-corrected chi connectivity index (χ4v) is 2.49. The molecule has 0 aromatic rings. The molecular weight excluding hydrogens is 244 g/mol. The molecule has 0 atom stereocenters. The molecule has 1 N–H and O–H groups in total. The smallest absolute Gasteiger partial charge is 0.292 e. The Kier molecular flexibility index (Phi) is 5.07. The minimum atomic E-state index is -0.0479. The minimum Gasteiger partial charge on any atom is -0.494 e. The number of rotatable bonds is 4. The molecule has 2 aliphatic heterocycles. The Morgan fingerprint density at radius 3 is 2.74 bits per heavy atom. The zero-order valence-electron chi connectivity index (χ0n) is 11.9. The van der Waals surface area contributed by atoms with E-state index in [1.165, 1.54) is 6.26 Å². The molecule has 1 fully saturated rings. The first-order chi connectivity index (χ1) is 9.18. The van der Waals surface area contributed by atoms with Gasteiger partial charge in [-0.25, -0.2) is 0 Å². The number of hydrogen-bond acceptors (Lipinski definition) is 4. The molecule has 0 aromatic heterocycles. The topological polar surface area (TPSA) is 50.8 Å². The highest BCUT2D eigenvalue weighted by Gasteiger charge is 2.27. The maximum atomic E-state index is 12.5. The van der Waals surface area contributed by atoms with Crippen LogP contribution in [0.4, 0.5) is 0 Å². The molecular formula is C14H24N2O3. The van der Waals surface area contributed by atoms with Gasteiger partial charge in [0.05, 0.1) is 0 Å². The molecule has 1 amide bonds. The molecule has 0 spiro atoms. The van der Waals surface area contributed by atoms with Gasteiger partial charge in [-0.3, -0.25) is 4.79 Å². The lowest BCUT2D eigenvalue weighted by atomic mass is 9.97. The van der Waals surface area contributed by atoms with Crippen molar-refractivity contribution >= 4 is 5.91 Å². The standard InChI is InChI=1S/C14H24N2O3/c1-11(2)16(9-12-3-5-15-6-4-12)14(17)13-10-18-7-8-19-13/h10-12,15H,3-9H2,1-2H3. The molecule has 0 aliphatic carbocycles. The summed E-state index contributed by atoms with van der Waals surface area (Å²) >= 11 is 0. The second-order valence-corrected chi connectivity index (χ2v) is 5.45. The van der Waals surface area contributed by atoms with Crippen LogP contribution < -0.4 is 5.32 Å². The van der Waals surface area contributed by atoms with Crippen LogP contribution in [0.15, 0.2) is 12.0 Å². The molecule has 5 heteroatoms. The van der Waals surface area contributed by atoms with E-state index in [1.807, 2.05) is 18.7 Å². The Labute approximate surface area is 114 Å². The Bertz CT molecular complexity index is 336. The number of hydrogen-bond donors (Lipinski definition) is 1. The monoisotopic (exact) mass is 268 g/mol. The van der Waals surface area contributed by atoms with Gasteiger partial charge in [0, 0.05) is 12.6 Å². The van der Waals surface area contributed by atoms with E-state index in [9.17, 15) is 4.79 Å². The largest absolute Gasteiger partial charge is 0.494 e. The van der Waals surface area contributed by atoms with Crippen molar-refractivity contribution < 1.29 is 14.3 Å². The van der Waals surface area contributed by atoms with Crippen LogP contribution in [0.1, 0.15) is 26.7 Å². The number of nitrogens with zero attached hydrogens (tertiary/aromatic N) is 1. The number of piperidine rings is 1. The molecule has 2 aliphatic rings. The maximum absolute atomic E-state index is 12.5. The highest BCUT2D eigenvalue weighted by atomic mass is 16.6. The van der Waals surface area contributed by atoms with Gasteiger partial charge in [0.1, 0.15) is 19.5 Å².